The zero-order valence-electron chi connectivity index (χ0n) is 26.7. The molecule has 0 saturated heterocycles. The highest BCUT2D eigenvalue weighted by molar-refractivity contribution is 7.13. The van der Waals surface area contributed by atoms with E-state index in [4.69, 9.17) is 0 Å². The van der Waals surface area contributed by atoms with E-state index in [1.165, 1.54) is 55.7 Å². The standard InChI is InChI=1S/C40H46Si/c1-27-17-15-19-29(25-27)35-36(30-20-16-18-28(2)26-30)38(32-22-12-14-24-34(32)40(6,7)8)41(9,10)37(35)31-21-11-13-23-33(31)39(3,4)5/h11-26H,1-10H3. The fourth-order valence-electron chi connectivity index (χ4n) is 6.83. The van der Waals surface area contributed by atoms with E-state index < -0.39 is 8.07 Å². The van der Waals surface area contributed by atoms with Crippen LogP contribution in [0.15, 0.2) is 97.1 Å². The van der Waals surface area contributed by atoms with Gasteiger partial charge in [-0.25, -0.2) is 0 Å². The van der Waals surface area contributed by atoms with E-state index in [-0.39, 0.29) is 10.8 Å². The molecule has 0 atom stereocenters. The molecule has 210 valence electrons. The van der Waals surface area contributed by atoms with Crippen molar-refractivity contribution in [2.24, 2.45) is 0 Å². The highest BCUT2D eigenvalue weighted by Gasteiger charge is 2.45. The molecule has 4 aromatic rings. The van der Waals surface area contributed by atoms with Crippen LogP contribution in [-0.4, -0.2) is 8.07 Å². The number of benzene rings is 4. The lowest BCUT2D eigenvalue weighted by Crippen LogP contribution is -2.31. The maximum Gasteiger partial charge on any atom is 0.115 e. The first-order chi connectivity index (χ1) is 19.2. The Morgan fingerprint density at radius 3 is 1.17 bits per heavy atom. The molecule has 0 bridgehead atoms. The number of hydrogen-bond acceptors (Lipinski definition) is 0. The van der Waals surface area contributed by atoms with Crippen molar-refractivity contribution in [3.05, 3.63) is 142 Å². The average Bonchev–Trinajstić information content (AvgIpc) is 3.14. The monoisotopic (exact) mass is 554 g/mol. The van der Waals surface area contributed by atoms with Crippen LogP contribution in [0.1, 0.15) is 86.1 Å². The summed E-state index contributed by atoms with van der Waals surface area (Å²) < 4.78 is 0. The topological polar surface area (TPSA) is 0 Å². The Kier molecular flexibility index (Phi) is 7.41. The molecule has 1 aliphatic heterocycles. The molecular formula is C40H46Si. The van der Waals surface area contributed by atoms with Crippen LogP contribution >= 0.6 is 0 Å². The van der Waals surface area contributed by atoms with Gasteiger partial charge in [-0.1, -0.05) is 163 Å². The van der Waals surface area contributed by atoms with Gasteiger partial charge in [0.2, 0.25) is 0 Å². The van der Waals surface area contributed by atoms with E-state index in [9.17, 15) is 0 Å². The zero-order valence-corrected chi connectivity index (χ0v) is 27.7. The van der Waals surface area contributed by atoms with Crippen LogP contribution in [0.25, 0.3) is 21.5 Å². The second-order valence-corrected chi connectivity index (χ2v) is 18.7. The Labute approximate surface area is 249 Å². The van der Waals surface area contributed by atoms with Gasteiger partial charge >= 0.3 is 0 Å². The van der Waals surface area contributed by atoms with Crippen molar-refractivity contribution < 1.29 is 0 Å². The van der Waals surface area contributed by atoms with E-state index in [2.05, 4.69) is 166 Å². The predicted molar refractivity (Wildman–Crippen MR) is 184 cm³/mol. The predicted octanol–water partition coefficient (Wildman–Crippen LogP) is 11.2. The van der Waals surface area contributed by atoms with Gasteiger partial charge in [-0.05, 0) is 79.6 Å². The fraction of sp³-hybridized carbons (Fsp3) is 0.300. The molecule has 0 aliphatic carbocycles. The van der Waals surface area contributed by atoms with Crippen molar-refractivity contribution in [2.45, 2.75) is 79.3 Å². The first-order valence-corrected chi connectivity index (χ1v) is 18.0. The largest absolute Gasteiger partial charge is 0.115 e. The van der Waals surface area contributed by atoms with Gasteiger partial charge < -0.3 is 0 Å². The maximum atomic E-state index is 2.59. The Hall–Kier alpha value is -3.42. The van der Waals surface area contributed by atoms with Crippen LogP contribution < -0.4 is 0 Å². The van der Waals surface area contributed by atoms with Gasteiger partial charge in [-0.15, -0.1) is 0 Å². The summed E-state index contributed by atoms with van der Waals surface area (Å²) in [6.45, 7) is 23.7. The van der Waals surface area contributed by atoms with Crippen molar-refractivity contribution >= 4 is 29.6 Å². The molecule has 0 nitrogen and oxygen atoms in total. The number of rotatable bonds is 4. The first-order valence-electron chi connectivity index (χ1n) is 15.0. The molecule has 1 heteroatoms. The molecule has 0 saturated carbocycles. The summed E-state index contributed by atoms with van der Waals surface area (Å²) in [5, 5.41) is 3.12. The van der Waals surface area contributed by atoms with E-state index in [1.54, 1.807) is 10.4 Å². The second-order valence-electron chi connectivity index (χ2n) is 14.5. The zero-order chi connectivity index (χ0) is 29.7. The molecule has 0 unspecified atom stereocenters. The molecular weight excluding hydrogens is 509 g/mol. The lowest BCUT2D eigenvalue weighted by molar-refractivity contribution is 0.589. The third kappa shape index (κ3) is 5.33. The average molecular weight is 555 g/mol. The third-order valence-electron chi connectivity index (χ3n) is 8.62. The fourth-order valence-corrected chi connectivity index (χ4v) is 10.7. The van der Waals surface area contributed by atoms with Gasteiger partial charge in [0.1, 0.15) is 8.07 Å². The van der Waals surface area contributed by atoms with Crippen LogP contribution in [0.4, 0.5) is 0 Å². The number of allylic oxidation sites excluding steroid dienone is 2. The molecule has 0 radical (unpaired) electrons. The number of hydrogen-bond donors (Lipinski definition) is 0. The molecule has 0 aromatic heterocycles. The highest BCUT2D eigenvalue weighted by atomic mass is 28.3. The second kappa shape index (κ2) is 10.4. The van der Waals surface area contributed by atoms with Crippen LogP contribution in [-0.2, 0) is 10.8 Å². The van der Waals surface area contributed by atoms with E-state index in [1.807, 2.05) is 0 Å². The van der Waals surface area contributed by atoms with E-state index in [0.29, 0.717) is 0 Å². The maximum absolute atomic E-state index is 2.59. The van der Waals surface area contributed by atoms with E-state index in [0.717, 1.165) is 0 Å². The molecule has 5 rings (SSSR count). The van der Waals surface area contributed by atoms with E-state index >= 15 is 0 Å². The Morgan fingerprint density at radius 1 is 0.463 bits per heavy atom. The molecule has 0 amide bonds. The highest BCUT2D eigenvalue weighted by Crippen LogP contribution is 2.57. The van der Waals surface area contributed by atoms with Crippen LogP contribution in [0.2, 0.25) is 13.1 Å². The molecule has 1 heterocycles. The summed E-state index contributed by atoms with van der Waals surface area (Å²) in [4.78, 5) is 0. The Bertz CT molecular complexity index is 1550. The third-order valence-corrected chi connectivity index (χ3v) is 12.2. The summed E-state index contributed by atoms with van der Waals surface area (Å²) in [6.07, 6.45) is 0. The minimum Gasteiger partial charge on any atom is -0.0619 e. The minimum absolute atomic E-state index is 0.0291. The molecule has 1 aliphatic rings. The van der Waals surface area contributed by atoms with Gasteiger partial charge in [0.15, 0.2) is 0 Å². The van der Waals surface area contributed by atoms with Gasteiger partial charge in [0.25, 0.3) is 0 Å². The van der Waals surface area contributed by atoms with Crippen LogP contribution in [0.3, 0.4) is 0 Å². The Balaban J connectivity index is 2.01. The first kappa shape index (κ1) is 29.1. The lowest BCUT2D eigenvalue weighted by Gasteiger charge is -2.33. The molecule has 0 N–H and O–H groups in total. The Morgan fingerprint density at radius 2 is 0.829 bits per heavy atom. The summed E-state index contributed by atoms with van der Waals surface area (Å²) >= 11 is 0. The van der Waals surface area contributed by atoms with Crippen LogP contribution in [0, 0.1) is 13.8 Å². The minimum atomic E-state index is -2.27. The molecule has 0 spiro atoms. The summed E-state index contributed by atoms with van der Waals surface area (Å²) in [5.41, 5.74) is 13.8. The summed E-state index contributed by atoms with van der Waals surface area (Å²) in [7, 11) is -2.27. The quantitative estimate of drug-likeness (QED) is 0.220. The smallest absolute Gasteiger partial charge is 0.0619 e. The lowest BCUT2D eigenvalue weighted by atomic mass is 9.80. The molecule has 41 heavy (non-hydrogen) atoms. The molecule has 4 aromatic carbocycles. The normalized spacial score (nSPS) is 15.6. The molecule has 0 fully saturated rings. The van der Waals surface area contributed by atoms with Crippen molar-refractivity contribution in [1.82, 2.24) is 0 Å². The van der Waals surface area contributed by atoms with Crippen molar-refractivity contribution in [1.29, 1.82) is 0 Å². The van der Waals surface area contributed by atoms with Crippen LogP contribution in [0.5, 0.6) is 0 Å². The number of aryl methyl sites for hydroxylation is 2. The summed E-state index contributed by atoms with van der Waals surface area (Å²) in [6, 6.07) is 36.8. The van der Waals surface area contributed by atoms with Gasteiger partial charge in [0.05, 0.1) is 0 Å². The van der Waals surface area contributed by atoms with Gasteiger partial charge in [-0.3, -0.25) is 0 Å². The van der Waals surface area contributed by atoms with Crippen molar-refractivity contribution in [3.8, 4) is 0 Å². The van der Waals surface area contributed by atoms with Crippen molar-refractivity contribution in [3.63, 3.8) is 0 Å². The summed E-state index contributed by atoms with van der Waals surface area (Å²) in [5.74, 6) is 0. The van der Waals surface area contributed by atoms with Crippen molar-refractivity contribution in [2.75, 3.05) is 0 Å². The SMILES string of the molecule is Cc1cccc(C2=C(c3ccccc3C(C)(C)C)[Si](C)(C)C(c3ccccc3C(C)(C)C)=C2c2cccc(C)c2)c1. The van der Waals surface area contributed by atoms with Gasteiger partial charge in [0, 0.05) is 0 Å². The van der Waals surface area contributed by atoms with Gasteiger partial charge in [-0.2, -0.15) is 0 Å².